The summed E-state index contributed by atoms with van der Waals surface area (Å²) < 4.78 is 0. The number of hydrogen-bond acceptors (Lipinski definition) is 5. The molecule has 1 fully saturated rings. The maximum absolute atomic E-state index is 14.7. The predicted molar refractivity (Wildman–Crippen MR) is 200 cm³/mol. The maximum atomic E-state index is 14.7. The van der Waals surface area contributed by atoms with Crippen molar-refractivity contribution in [1.29, 1.82) is 0 Å². The molecule has 3 amide bonds. The molecule has 49 heavy (non-hydrogen) atoms. The van der Waals surface area contributed by atoms with E-state index < -0.39 is 17.6 Å². The molecule has 3 aromatic rings. The van der Waals surface area contributed by atoms with E-state index in [2.05, 4.69) is 50.5 Å². The molecule has 4 N–H and O–H groups in total. The van der Waals surface area contributed by atoms with Gasteiger partial charge in [-0.05, 0) is 89.6 Å². The van der Waals surface area contributed by atoms with Crippen molar-refractivity contribution in [3.8, 4) is 0 Å². The average molecular weight is 668 g/mol. The van der Waals surface area contributed by atoms with E-state index >= 15 is 0 Å². The summed E-state index contributed by atoms with van der Waals surface area (Å²) in [7, 11) is 3.36. The van der Waals surface area contributed by atoms with Gasteiger partial charge in [0.05, 0.1) is 0 Å². The first kappa shape index (κ1) is 37.8. The lowest BCUT2D eigenvalue weighted by molar-refractivity contribution is -0.146. The fraction of sp³-hybridized carbons (Fsp3) is 0.488. The number of carbonyl (C=O) groups is 3. The number of nitrogens with one attached hydrogen (secondary N) is 2. The summed E-state index contributed by atoms with van der Waals surface area (Å²) in [6, 6.07) is 22.3. The number of rotatable bonds is 12. The van der Waals surface area contributed by atoms with E-state index in [0.717, 1.165) is 40.3 Å². The van der Waals surface area contributed by atoms with Gasteiger partial charge in [-0.25, -0.2) is 0 Å². The molecule has 4 rings (SSSR count). The molecule has 0 radical (unpaired) electrons. The van der Waals surface area contributed by atoms with Gasteiger partial charge in [-0.1, -0.05) is 78.4 Å². The SMILES string of the molecule is C/C(=C\C(=O)N(C)[C@H](Cc1ccc2ccccc2c1)C(=O)N(C)C(Cc1ccccc1)C(=O)NC1CC(C)(C)NC(C)(C)C1)CC(C)(C)N. The molecule has 0 aromatic heterocycles. The molecule has 264 valence electrons. The molecule has 1 aliphatic heterocycles. The minimum atomic E-state index is -0.851. The Bertz CT molecular complexity index is 1640. The van der Waals surface area contributed by atoms with E-state index in [-0.39, 0.29) is 34.8 Å². The summed E-state index contributed by atoms with van der Waals surface area (Å²) in [6.45, 7) is 14.3. The zero-order valence-corrected chi connectivity index (χ0v) is 31.0. The largest absolute Gasteiger partial charge is 0.351 e. The van der Waals surface area contributed by atoms with Crippen molar-refractivity contribution in [2.75, 3.05) is 14.1 Å². The van der Waals surface area contributed by atoms with Crippen molar-refractivity contribution >= 4 is 28.5 Å². The Morgan fingerprint density at radius 1 is 0.857 bits per heavy atom. The second-order valence-electron chi connectivity index (χ2n) is 16.2. The van der Waals surface area contributed by atoms with Crippen molar-refractivity contribution in [3.05, 3.63) is 95.6 Å². The second-order valence-corrected chi connectivity index (χ2v) is 16.2. The van der Waals surface area contributed by atoms with E-state index in [0.29, 0.717) is 19.3 Å². The van der Waals surface area contributed by atoms with E-state index in [1.165, 1.54) is 4.90 Å². The zero-order chi connectivity index (χ0) is 36.1. The fourth-order valence-corrected chi connectivity index (χ4v) is 7.57. The number of nitrogens with two attached hydrogens (primary N) is 1. The zero-order valence-electron chi connectivity index (χ0n) is 31.0. The lowest BCUT2D eigenvalue weighted by Gasteiger charge is -2.47. The van der Waals surface area contributed by atoms with E-state index in [1.807, 2.05) is 81.4 Å². The molecular formula is C41H57N5O3. The van der Waals surface area contributed by atoms with Gasteiger partial charge in [-0.2, -0.15) is 0 Å². The smallest absolute Gasteiger partial charge is 0.246 e. The van der Waals surface area contributed by atoms with Gasteiger partial charge in [0.15, 0.2) is 0 Å². The van der Waals surface area contributed by atoms with Crippen LogP contribution in [0.25, 0.3) is 10.8 Å². The highest BCUT2D eigenvalue weighted by atomic mass is 16.2. The summed E-state index contributed by atoms with van der Waals surface area (Å²) >= 11 is 0. The highest BCUT2D eigenvalue weighted by Crippen LogP contribution is 2.29. The van der Waals surface area contributed by atoms with Gasteiger partial charge in [-0.3, -0.25) is 14.4 Å². The number of fused-ring (bicyclic) bond motifs is 1. The van der Waals surface area contributed by atoms with Gasteiger partial charge in [0.2, 0.25) is 17.7 Å². The number of piperidine rings is 1. The Balaban J connectivity index is 1.68. The number of amides is 3. The number of nitrogens with zero attached hydrogens (tertiary/aromatic N) is 2. The lowest BCUT2D eigenvalue weighted by Crippen LogP contribution is -2.63. The van der Waals surface area contributed by atoms with Gasteiger partial charge in [0.25, 0.3) is 0 Å². The van der Waals surface area contributed by atoms with Gasteiger partial charge in [0.1, 0.15) is 12.1 Å². The molecule has 8 heteroatoms. The molecule has 1 aliphatic rings. The number of likely N-dealkylation sites (N-methyl/N-ethyl adjacent to an activating group) is 2. The van der Waals surface area contributed by atoms with Crippen LogP contribution in [0.4, 0.5) is 0 Å². The molecule has 0 aliphatic carbocycles. The highest BCUT2D eigenvalue weighted by molar-refractivity contribution is 5.95. The monoisotopic (exact) mass is 667 g/mol. The Morgan fingerprint density at radius 2 is 1.43 bits per heavy atom. The Hall–Kier alpha value is -4.01. The van der Waals surface area contributed by atoms with Crippen LogP contribution in [0.3, 0.4) is 0 Å². The van der Waals surface area contributed by atoms with Crippen molar-refractivity contribution < 1.29 is 14.4 Å². The minimum Gasteiger partial charge on any atom is -0.351 e. The van der Waals surface area contributed by atoms with Crippen LogP contribution in [-0.2, 0) is 27.2 Å². The molecular weight excluding hydrogens is 610 g/mol. The highest BCUT2D eigenvalue weighted by Gasteiger charge is 2.40. The summed E-state index contributed by atoms with van der Waals surface area (Å²) in [5, 5.41) is 9.16. The van der Waals surface area contributed by atoms with Crippen molar-refractivity contribution in [2.24, 2.45) is 5.73 Å². The molecule has 1 saturated heterocycles. The van der Waals surface area contributed by atoms with Crippen LogP contribution in [0.2, 0.25) is 0 Å². The van der Waals surface area contributed by atoms with Crippen LogP contribution < -0.4 is 16.4 Å². The summed E-state index contributed by atoms with van der Waals surface area (Å²) in [4.78, 5) is 45.8. The fourth-order valence-electron chi connectivity index (χ4n) is 7.57. The normalized spacial score (nSPS) is 17.6. The third-order valence-electron chi connectivity index (χ3n) is 9.37. The maximum Gasteiger partial charge on any atom is 0.246 e. The molecule has 2 atom stereocenters. The summed E-state index contributed by atoms with van der Waals surface area (Å²) in [5.74, 6) is -0.772. The predicted octanol–water partition coefficient (Wildman–Crippen LogP) is 5.78. The van der Waals surface area contributed by atoms with Crippen LogP contribution >= 0.6 is 0 Å². The molecule has 0 spiro atoms. The van der Waals surface area contributed by atoms with E-state index in [4.69, 9.17) is 5.73 Å². The second kappa shape index (κ2) is 15.3. The number of hydrogen-bond donors (Lipinski definition) is 3. The number of benzene rings is 3. The van der Waals surface area contributed by atoms with Crippen LogP contribution in [-0.4, -0.2) is 76.4 Å². The van der Waals surface area contributed by atoms with Crippen molar-refractivity contribution in [3.63, 3.8) is 0 Å². The molecule has 3 aromatic carbocycles. The van der Waals surface area contributed by atoms with Crippen molar-refractivity contribution in [2.45, 2.75) is 115 Å². The van der Waals surface area contributed by atoms with E-state index in [9.17, 15) is 14.4 Å². The third-order valence-corrected chi connectivity index (χ3v) is 9.37. The van der Waals surface area contributed by atoms with Crippen molar-refractivity contribution in [1.82, 2.24) is 20.4 Å². The molecule has 8 nitrogen and oxygen atoms in total. The van der Waals surface area contributed by atoms with Gasteiger partial charge >= 0.3 is 0 Å². The summed E-state index contributed by atoms with van der Waals surface area (Å²) in [5.41, 5.74) is 8.16. The Labute approximate surface area is 293 Å². The molecule has 0 saturated carbocycles. The topological polar surface area (TPSA) is 108 Å². The molecule has 1 unspecified atom stereocenters. The first-order valence-corrected chi connectivity index (χ1v) is 17.4. The summed E-state index contributed by atoms with van der Waals surface area (Å²) in [6.07, 6.45) is 4.29. The van der Waals surface area contributed by atoms with Gasteiger partial charge in [0, 0.05) is 55.7 Å². The lowest BCUT2D eigenvalue weighted by atomic mass is 9.79. The van der Waals surface area contributed by atoms with E-state index in [1.54, 1.807) is 25.1 Å². The third kappa shape index (κ3) is 10.7. The van der Waals surface area contributed by atoms with Crippen LogP contribution in [0.15, 0.2) is 84.4 Å². The Kier molecular flexibility index (Phi) is 11.8. The first-order valence-electron chi connectivity index (χ1n) is 17.4. The van der Waals surface area contributed by atoms with Gasteiger partial charge in [-0.15, -0.1) is 0 Å². The van der Waals surface area contributed by atoms with Gasteiger partial charge < -0.3 is 26.2 Å². The first-order chi connectivity index (χ1) is 22.8. The Morgan fingerprint density at radius 3 is 2.04 bits per heavy atom. The average Bonchev–Trinajstić information content (AvgIpc) is 2.99. The van der Waals surface area contributed by atoms with Crippen LogP contribution in [0.5, 0.6) is 0 Å². The number of carbonyl (C=O) groups excluding carboxylic acids is 3. The molecule has 0 bridgehead atoms. The standard InChI is InChI=1S/C41H57N5O3/c1-28(25-39(2,3)42)21-36(47)45(8)35(24-30-19-20-31-17-13-14-18-32(31)22-30)38(49)46(9)34(23-29-15-11-10-12-16-29)37(48)43-33-26-40(4,5)44-41(6,7)27-33/h10-22,33-35,44H,23-27,42H2,1-9H3,(H,43,48)/b28-21+/t34?,35-/m1/s1. The molecule has 1 heterocycles. The minimum absolute atomic E-state index is 0.0573. The quantitative estimate of drug-likeness (QED) is 0.213. The van der Waals surface area contributed by atoms with Crippen LogP contribution in [0, 0.1) is 0 Å². The van der Waals surface area contributed by atoms with Crippen LogP contribution in [0.1, 0.15) is 78.9 Å².